The number of halogens is 3. The molecule has 0 spiro atoms. The monoisotopic (exact) mass is 363 g/mol. The van der Waals surface area contributed by atoms with Gasteiger partial charge in [0.1, 0.15) is 6.54 Å². The van der Waals surface area contributed by atoms with Crippen LogP contribution < -0.4 is 0 Å². The lowest BCUT2D eigenvalue weighted by Crippen LogP contribution is -2.39. The van der Waals surface area contributed by atoms with Gasteiger partial charge in [-0.25, -0.2) is 0 Å². The largest absolute Gasteiger partial charge is 0.406 e. The van der Waals surface area contributed by atoms with E-state index >= 15 is 0 Å². The lowest BCUT2D eigenvalue weighted by atomic mass is 10.1. The Morgan fingerprint density at radius 1 is 1.22 bits per heavy atom. The van der Waals surface area contributed by atoms with Crippen molar-refractivity contribution in [2.45, 2.75) is 30.5 Å². The van der Waals surface area contributed by atoms with Crippen LogP contribution in [0.2, 0.25) is 0 Å². The van der Waals surface area contributed by atoms with Crippen LogP contribution in [-0.4, -0.2) is 41.6 Å². The van der Waals surface area contributed by atoms with Gasteiger partial charge in [0.05, 0.1) is 4.58 Å². The summed E-state index contributed by atoms with van der Waals surface area (Å²) in [7, 11) is 0. The second-order valence-electron chi connectivity index (χ2n) is 5.39. The van der Waals surface area contributed by atoms with Crippen LogP contribution in [0.15, 0.2) is 24.3 Å². The molecular weight excluding hydrogens is 343 g/mol. The molecule has 1 saturated heterocycles. The Morgan fingerprint density at radius 3 is 2.35 bits per heavy atom. The molecule has 0 atom stereocenters. The Morgan fingerprint density at radius 2 is 1.83 bits per heavy atom. The Labute approximate surface area is 143 Å². The van der Waals surface area contributed by atoms with Gasteiger partial charge in [0.2, 0.25) is 0 Å². The Balaban J connectivity index is 2.08. The summed E-state index contributed by atoms with van der Waals surface area (Å²) in [6.45, 7) is 0.828. The van der Waals surface area contributed by atoms with Gasteiger partial charge in [-0.1, -0.05) is 25.5 Å². The van der Waals surface area contributed by atoms with Crippen LogP contribution in [0.3, 0.4) is 0 Å². The average Bonchev–Trinajstić information content (AvgIpc) is 3.04. The second-order valence-corrected chi connectivity index (χ2v) is 8.12. The number of benzene rings is 1. The van der Waals surface area contributed by atoms with Crippen molar-refractivity contribution in [3.05, 3.63) is 35.4 Å². The minimum atomic E-state index is -4.37. The first kappa shape index (κ1) is 18.5. The summed E-state index contributed by atoms with van der Waals surface area (Å²) in [5.41, 5.74) is 1.44. The van der Waals surface area contributed by atoms with Crippen molar-refractivity contribution in [1.29, 1.82) is 0 Å². The van der Waals surface area contributed by atoms with E-state index in [1.54, 1.807) is 12.1 Å². The van der Waals surface area contributed by atoms with Gasteiger partial charge in [-0.3, -0.25) is 4.79 Å². The van der Waals surface area contributed by atoms with Crippen LogP contribution in [-0.2, 0) is 0 Å². The Hall–Kier alpha value is -0.820. The molecule has 7 heteroatoms. The van der Waals surface area contributed by atoms with Crippen molar-refractivity contribution in [2.24, 2.45) is 0 Å². The van der Waals surface area contributed by atoms with E-state index in [-0.39, 0.29) is 6.54 Å². The van der Waals surface area contributed by atoms with Crippen molar-refractivity contribution in [2.75, 3.05) is 24.6 Å². The van der Waals surface area contributed by atoms with E-state index < -0.39 is 18.6 Å². The molecule has 0 radical (unpaired) electrons. The highest BCUT2D eigenvalue weighted by molar-refractivity contribution is 8.19. The molecule has 1 aliphatic rings. The van der Waals surface area contributed by atoms with E-state index in [1.165, 1.54) is 0 Å². The highest BCUT2D eigenvalue weighted by Crippen LogP contribution is 2.45. The highest BCUT2D eigenvalue weighted by atomic mass is 32.2. The van der Waals surface area contributed by atoms with Gasteiger partial charge in [-0.15, -0.1) is 23.5 Å². The van der Waals surface area contributed by atoms with E-state index in [4.69, 9.17) is 0 Å². The molecule has 1 heterocycles. The molecule has 1 amide bonds. The number of carbonyl (C=O) groups excluding carboxylic acids is 1. The van der Waals surface area contributed by atoms with E-state index in [9.17, 15) is 18.0 Å². The predicted octanol–water partition coefficient (Wildman–Crippen LogP) is 4.97. The average molecular weight is 363 g/mol. The number of hydrogen-bond donors (Lipinski definition) is 0. The molecule has 0 N–H and O–H groups in total. The smallest absolute Gasteiger partial charge is 0.330 e. The van der Waals surface area contributed by atoms with E-state index in [1.807, 2.05) is 42.6 Å². The van der Waals surface area contributed by atoms with Crippen molar-refractivity contribution in [3.8, 4) is 0 Å². The van der Waals surface area contributed by atoms with Crippen molar-refractivity contribution < 1.29 is 18.0 Å². The lowest BCUT2D eigenvalue weighted by Gasteiger charge is -2.24. The summed E-state index contributed by atoms with van der Waals surface area (Å²) in [6, 6.07) is 7.00. The fourth-order valence-corrected chi connectivity index (χ4v) is 5.19. The molecule has 128 valence electrons. The number of amides is 1. The molecule has 2 rings (SSSR count). The molecule has 1 aliphatic heterocycles. The molecule has 1 aromatic carbocycles. The third-order valence-corrected chi connectivity index (χ3v) is 6.59. The summed E-state index contributed by atoms with van der Waals surface area (Å²) in [4.78, 5) is 13.3. The van der Waals surface area contributed by atoms with Crippen molar-refractivity contribution in [1.82, 2.24) is 4.90 Å². The molecule has 0 unspecified atom stereocenters. The standard InChI is InChI=1S/C16H20F3NOS2/c1-2-3-8-20(11-16(17,18)19)14(21)12-4-6-13(7-5-12)15-22-9-10-23-15/h4-7,15H,2-3,8-11H2,1H3. The number of unbranched alkanes of at least 4 members (excludes halogenated alkanes) is 1. The van der Waals surface area contributed by atoms with Crippen LogP contribution in [0.1, 0.15) is 40.3 Å². The summed E-state index contributed by atoms with van der Waals surface area (Å²) < 4.78 is 38.4. The van der Waals surface area contributed by atoms with Gasteiger partial charge in [0.25, 0.3) is 5.91 Å². The number of nitrogens with zero attached hydrogens (tertiary/aromatic N) is 1. The fourth-order valence-electron chi connectivity index (χ4n) is 2.33. The molecule has 0 saturated carbocycles. The van der Waals surface area contributed by atoms with Gasteiger partial charge >= 0.3 is 6.18 Å². The zero-order valence-electron chi connectivity index (χ0n) is 12.9. The van der Waals surface area contributed by atoms with Gasteiger partial charge in [0.15, 0.2) is 0 Å². The van der Waals surface area contributed by atoms with Crippen LogP contribution in [0.4, 0.5) is 13.2 Å². The molecule has 2 nitrogen and oxygen atoms in total. The number of thioether (sulfide) groups is 2. The van der Waals surface area contributed by atoms with E-state index in [0.717, 1.165) is 28.4 Å². The number of hydrogen-bond acceptors (Lipinski definition) is 3. The lowest BCUT2D eigenvalue weighted by molar-refractivity contribution is -0.140. The summed E-state index contributed by atoms with van der Waals surface area (Å²) in [6.07, 6.45) is -3.06. The van der Waals surface area contributed by atoms with Crippen molar-refractivity contribution >= 4 is 29.4 Å². The van der Waals surface area contributed by atoms with E-state index in [0.29, 0.717) is 16.6 Å². The maximum Gasteiger partial charge on any atom is 0.406 e. The quantitative estimate of drug-likeness (QED) is 0.712. The zero-order valence-corrected chi connectivity index (χ0v) is 14.6. The predicted molar refractivity (Wildman–Crippen MR) is 91.0 cm³/mol. The third-order valence-electron chi connectivity index (χ3n) is 3.49. The molecule has 23 heavy (non-hydrogen) atoms. The number of rotatable bonds is 6. The Kier molecular flexibility index (Phi) is 6.71. The first-order valence-corrected chi connectivity index (χ1v) is 9.69. The maximum absolute atomic E-state index is 12.7. The third kappa shape index (κ3) is 5.64. The van der Waals surface area contributed by atoms with Gasteiger partial charge in [0, 0.05) is 23.6 Å². The topological polar surface area (TPSA) is 20.3 Å². The molecule has 0 aliphatic carbocycles. The zero-order chi connectivity index (χ0) is 16.9. The van der Waals surface area contributed by atoms with Gasteiger partial charge < -0.3 is 4.90 Å². The summed E-state index contributed by atoms with van der Waals surface area (Å²) in [5.74, 6) is 1.66. The Bertz CT molecular complexity index is 513. The first-order chi connectivity index (χ1) is 10.9. The van der Waals surface area contributed by atoms with Crippen molar-refractivity contribution in [3.63, 3.8) is 0 Å². The van der Waals surface area contributed by atoms with Crippen LogP contribution in [0, 0.1) is 0 Å². The van der Waals surface area contributed by atoms with Crippen LogP contribution in [0.25, 0.3) is 0 Å². The SMILES string of the molecule is CCCCN(CC(F)(F)F)C(=O)c1ccc(C2SCCS2)cc1. The number of alkyl halides is 3. The summed E-state index contributed by atoms with van der Waals surface area (Å²) in [5, 5.41) is 0. The number of carbonyl (C=O) groups is 1. The van der Waals surface area contributed by atoms with Gasteiger partial charge in [-0.2, -0.15) is 13.2 Å². The van der Waals surface area contributed by atoms with Gasteiger partial charge in [-0.05, 0) is 24.1 Å². The molecule has 0 bridgehead atoms. The first-order valence-electron chi connectivity index (χ1n) is 7.60. The van der Waals surface area contributed by atoms with Crippen LogP contribution in [0.5, 0.6) is 0 Å². The normalized spacial score (nSPS) is 15.8. The molecule has 1 aromatic rings. The minimum Gasteiger partial charge on any atom is -0.330 e. The maximum atomic E-state index is 12.7. The fraction of sp³-hybridized carbons (Fsp3) is 0.562. The van der Waals surface area contributed by atoms with Crippen LogP contribution >= 0.6 is 23.5 Å². The molecule has 0 aromatic heterocycles. The summed E-state index contributed by atoms with van der Waals surface area (Å²) >= 11 is 3.71. The van der Waals surface area contributed by atoms with E-state index in [2.05, 4.69) is 0 Å². The molecule has 1 fully saturated rings. The molecular formula is C16H20F3NOS2. The highest BCUT2D eigenvalue weighted by Gasteiger charge is 2.33. The second kappa shape index (κ2) is 8.33. The minimum absolute atomic E-state index is 0.130.